The van der Waals surface area contributed by atoms with Gasteiger partial charge in [-0.1, -0.05) is 23.2 Å². The third-order valence-electron chi connectivity index (χ3n) is 2.78. The van der Waals surface area contributed by atoms with Crippen molar-refractivity contribution in [3.63, 3.8) is 0 Å². The summed E-state index contributed by atoms with van der Waals surface area (Å²) in [7, 11) is 1.32. The second-order valence-corrected chi connectivity index (χ2v) is 6.14. The van der Waals surface area contributed by atoms with Crippen molar-refractivity contribution in [3.05, 3.63) is 32.8 Å². The number of alkyl halides is 3. The Kier molecular flexibility index (Phi) is 4.98. The Bertz CT molecular complexity index is 799. The van der Waals surface area contributed by atoms with Gasteiger partial charge in [-0.3, -0.25) is 4.57 Å². The number of benzene rings is 1. The van der Waals surface area contributed by atoms with Gasteiger partial charge in [-0.25, -0.2) is 4.68 Å². The monoisotopic (exact) mass is 385 g/mol. The molecule has 0 saturated heterocycles. The summed E-state index contributed by atoms with van der Waals surface area (Å²) in [5.74, 6) is -0.903. The summed E-state index contributed by atoms with van der Waals surface area (Å²) in [6, 6.07) is 2.63. The van der Waals surface area contributed by atoms with E-state index in [1.807, 2.05) is 0 Å². The van der Waals surface area contributed by atoms with E-state index in [-0.39, 0.29) is 32.4 Å². The number of hydrogen-bond donors (Lipinski definition) is 0. The minimum Gasteiger partial charge on any atom is -0.489 e. The molecule has 0 spiro atoms. The SMILES string of the molecule is CC(C)Oc1cc(Cl)c(-n2c(C(F)(F)F)nn(C)c2=S)cc1Cl. The van der Waals surface area contributed by atoms with Crippen LogP contribution in [0.2, 0.25) is 10.0 Å². The minimum atomic E-state index is -4.70. The average molecular weight is 386 g/mol. The van der Waals surface area contributed by atoms with E-state index in [2.05, 4.69) is 5.10 Å². The van der Waals surface area contributed by atoms with Crippen LogP contribution in [0.3, 0.4) is 0 Å². The van der Waals surface area contributed by atoms with Crippen LogP contribution in [-0.4, -0.2) is 20.5 Å². The van der Waals surface area contributed by atoms with E-state index in [0.29, 0.717) is 0 Å². The lowest BCUT2D eigenvalue weighted by Gasteiger charge is -2.15. The lowest BCUT2D eigenvalue weighted by molar-refractivity contribution is -0.146. The van der Waals surface area contributed by atoms with E-state index >= 15 is 0 Å². The first-order valence-electron chi connectivity index (χ1n) is 6.41. The summed E-state index contributed by atoms with van der Waals surface area (Å²) in [5.41, 5.74) is -0.0156. The molecule has 23 heavy (non-hydrogen) atoms. The number of nitrogens with zero attached hydrogens (tertiary/aromatic N) is 3. The van der Waals surface area contributed by atoms with Crippen LogP contribution >= 0.6 is 35.4 Å². The zero-order valence-electron chi connectivity index (χ0n) is 12.3. The number of rotatable bonds is 3. The molecule has 0 fully saturated rings. The molecular formula is C13H12Cl2F3N3OS. The van der Waals surface area contributed by atoms with Crippen LogP contribution in [-0.2, 0) is 13.2 Å². The van der Waals surface area contributed by atoms with Crippen molar-refractivity contribution in [2.24, 2.45) is 7.05 Å². The summed E-state index contributed by atoms with van der Waals surface area (Å²) < 4.78 is 46.5. The first-order valence-corrected chi connectivity index (χ1v) is 7.58. The first kappa shape index (κ1) is 18.1. The van der Waals surface area contributed by atoms with Crippen molar-refractivity contribution < 1.29 is 17.9 Å². The highest BCUT2D eigenvalue weighted by Gasteiger charge is 2.39. The van der Waals surface area contributed by atoms with Gasteiger partial charge in [0.15, 0.2) is 0 Å². The maximum atomic E-state index is 13.2. The van der Waals surface area contributed by atoms with E-state index < -0.39 is 12.0 Å². The molecule has 126 valence electrons. The topological polar surface area (TPSA) is 32.0 Å². The van der Waals surface area contributed by atoms with Gasteiger partial charge >= 0.3 is 6.18 Å². The Balaban J connectivity index is 2.69. The lowest BCUT2D eigenvalue weighted by atomic mass is 10.3. The number of aromatic nitrogens is 3. The van der Waals surface area contributed by atoms with Crippen molar-refractivity contribution >= 4 is 35.4 Å². The first-order chi connectivity index (χ1) is 10.5. The molecule has 0 saturated carbocycles. The molecule has 0 aliphatic carbocycles. The molecule has 0 radical (unpaired) electrons. The number of halogens is 5. The maximum Gasteiger partial charge on any atom is 0.452 e. The molecule has 2 rings (SSSR count). The average Bonchev–Trinajstić information content (AvgIpc) is 2.69. The molecule has 1 heterocycles. The second kappa shape index (κ2) is 6.33. The van der Waals surface area contributed by atoms with Crippen molar-refractivity contribution in [2.75, 3.05) is 0 Å². The molecule has 2 aromatic rings. The van der Waals surface area contributed by atoms with Gasteiger partial charge in [0.25, 0.3) is 0 Å². The summed E-state index contributed by atoms with van der Waals surface area (Å²) >= 11 is 17.2. The number of aryl methyl sites for hydroxylation is 1. The second-order valence-electron chi connectivity index (χ2n) is 4.96. The smallest absolute Gasteiger partial charge is 0.452 e. The zero-order chi connectivity index (χ0) is 17.5. The number of hydrogen-bond acceptors (Lipinski definition) is 3. The largest absolute Gasteiger partial charge is 0.489 e. The highest BCUT2D eigenvalue weighted by molar-refractivity contribution is 7.71. The Labute approximate surface area is 145 Å². The van der Waals surface area contributed by atoms with Gasteiger partial charge < -0.3 is 4.74 Å². The third kappa shape index (κ3) is 3.64. The fourth-order valence-electron chi connectivity index (χ4n) is 1.90. The van der Waals surface area contributed by atoms with Crippen LogP contribution < -0.4 is 4.74 Å². The van der Waals surface area contributed by atoms with Crippen LogP contribution in [0.1, 0.15) is 19.7 Å². The summed E-state index contributed by atoms with van der Waals surface area (Å²) in [5, 5.41) is 3.55. The van der Waals surface area contributed by atoms with Crippen LogP contribution in [0.4, 0.5) is 13.2 Å². The van der Waals surface area contributed by atoms with E-state index in [1.165, 1.54) is 19.2 Å². The molecule has 4 nitrogen and oxygen atoms in total. The van der Waals surface area contributed by atoms with Crippen LogP contribution in [0.15, 0.2) is 12.1 Å². The van der Waals surface area contributed by atoms with Crippen LogP contribution in [0.5, 0.6) is 5.75 Å². The standard InChI is InChI=1S/C13H12Cl2F3N3OS/c1-6(2)22-10-5-7(14)9(4-8(10)15)21-11(13(16,17)18)19-20(3)12(21)23/h4-6H,1-3H3. The molecule has 0 aliphatic rings. The van der Waals surface area contributed by atoms with Crippen LogP contribution in [0.25, 0.3) is 5.69 Å². The Morgan fingerprint density at radius 1 is 1.22 bits per heavy atom. The molecule has 0 N–H and O–H groups in total. The van der Waals surface area contributed by atoms with Gasteiger partial charge in [0.1, 0.15) is 5.75 Å². The molecule has 0 bridgehead atoms. The van der Waals surface area contributed by atoms with Crippen molar-refractivity contribution in [1.29, 1.82) is 0 Å². The Morgan fingerprint density at radius 3 is 2.35 bits per heavy atom. The molecule has 1 aromatic carbocycles. The van der Waals surface area contributed by atoms with Crippen molar-refractivity contribution in [1.82, 2.24) is 14.3 Å². The molecule has 0 aliphatic heterocycles. The molecule has 0 amide bonds. The van der Waals surface area contributed by atoms with Gasteiger partial charge in [-0.2, -0.15) is 13.2 Å². The summed E-state index contributed by atoms with van der Waals surface area (Å²) in [6.45, 7) is 3.58. The molecule has 1 aromatic heterocycles. The Hall–Kier alpha value is -1.25. The number of ether oxygens (including phenoxy) is 1. The van der Waals surface area contributed by atoms with Gasteiger partial charge in [0, 0.05) is 13.1 Å². The third-order valence-corrected chi connectivity index (χ3v) is 3.83. The van der Waals surface area contributed by atoms with Gasteiger partial charge in [0.05, 0.1) is 21.8 Å². The van der Waals surface area contributed by atoms with Crippen molar-refractivity contribution in [3.8, 4) is 11.4 Å². The van der Waals surface area contributed by atoms with Gasteiger partial charge in [0.2, 0.25) is 10.6 Å². The zero-order valence-corrected chi connectivity index (χ0v) is 14.6. The minimum absolute atomic E-state index is 0.0136. The van der Waals surface area contributed by atoms with E-state index in [9.17, 15) is 13.2 Å². The fourth-order valence-corrected chi connectivity index (χ4v) is 2.57. The summed E-state index contributed by atoms with van der Waals surface area (Å²) in [6.07, 6.45) is -4.86. The maximum absolute atomic E-state index is 13.2. The van der Waals surface area contributed by atoms with Crippen LogP contribution in [0, 0.1) is 4.77 Å². The quantitative estimate of drug-likeness (QED) is 0.692. The van der Waals surface area contributed by atoms with Crippen molar-refractivity contribution in [2.45, 2.75) is 26.1 Å². The van der Waals surface area contributed by atoms with Gasteiger partial charge in [-0.15, -0.1) is 5.10 Å². The molecular weight excluding hydrogens is 374 g/mol. The predicted octanol–water partition coefficient (Wildman–Crippen LogP) is 5.05. The highest BCUT2D eigenvalue weighted by Crippen LogP contribution is 2.37. The van der Waals surface area contributed by atoms with E-state index in [4.69, 9.17) is 40.2 Å². The fraction of sp³-hybridized carbons (Fsp3) is 0.385. The van der Waals surface area contributed by atoms with E-state index in [1.54, 1.807) is 13.8 Å². The van der Waals surface area contributed by atoms with E-state index in [0.717, 1.165) is 9.25 Å². The summed E-state index contributed by atoms with van der Waals surface area (Å²) in [4.78, 5) is 0. The highest BCUT2D eigenvalue weighted by atomic mass is 35.5. The van der Waals surface area contributed by atoms with Gasteiger partial charge in [-0.05, 0) is 32.1 Å². The molecule has 0 atom stereocenters. The molecule has 10 heteroatoms. The lowest BCUT2D eigenvalue weighted by Crippen LogP contribution is -2.14. The normalized spacial score (nSPS) is 12.0. The molecule has 0 unspecified atom stereocenters. The Morgan fingerprint density at radius 2 is 1.83 bits per heavy atom. The predicted molar refractivity (Wildman–Crippen MR) is 84.2 cm³/mol.